The number of nitrogens with zero attached hydrogens (tertiary/aromatic N) is 1. The lowest BCUT2D eigenvalue weighted by Crippen LogP contribution is -2.05. The van der Waals surface area contributed by atoms with Crippen LogP contribution in [-0.2, 0) is 4.79 Å². The van der Waals surface area contributed by atoms with Crippen LogP contribution < -0.4 is 14.2 Å². The number of carbonyl (C=O) groups excluding carboxylic acids is 1. The molecule has 0 N–H and O–H groups in total. The molecule has 0 radical (unpaired) electrons. The third-order valence-corrected chi connectivity index (χ3v) is 3.82. The number of methoxy groups -OCH3 is 1. The van der Waals surface area contributed by atoms with Crippen LogP contribution in [0.5, 0.6) is 17.2 Å². The molecule has 0 spiro atoms. The molecule has 0 bridgehead atoms. The molecular formula is C23H23NO4. The minimum absolute atomic E-state index is 0.304. The maximum Gasteiger partial charge on any atom is 0.336 e. The summed E-state index contributed by atoms with van der Waals surface area (Å²) in [5.41, 5.74) is 1.58. The second kappa shape index (κ2) is 11.2. The monoisotopic (exact) mass is 377 g/mol. The van der Waals surface area contributed by atoms with Crippen LogP contribution in [0.25, 0.3) is 12.2 Å². The molecule has 144 valence electrons. The van der Waals surface area contributed by atoms with Crippen molar-refractivity contribution in [3.05, 3.63) is 65.7 Å². The normalized spacial score (nSPS) is 10.8. The van der Waals surface area contributed by atoms with Crippen LogP contribution in [0.15, 0.2) is 54.6 Å². The minimum atomic E-state index is -0.526. The number of nitriles is 1. The highest BCUT2D eigenvalue weighted by atomic mass is 16.6. The molecule has 0 aliphatic heterocycles. The highest BCUT2D eigenvalue weighted by Crippen LogP contribution is 2.29. The zero-order chi connectivity index (χ0) is 20.2. The Bertz CT molecular complexity index is 894. The second-order valence-electron chi connectivity index (χ2n) is 5.87. The van der Waals surface area contributed by atoms with E-state index in [0.717, 1.165) is 29.7 Å². The van der Waals surface area contributed by atoms with Gasteiger partial charge in [-0.1, -0.05) is 37.6 Å². The molecule has 0 fully saturated rings. The Balaban J connectivity index is 2.08. The van der Waals surface area contributed by atoms with Crippen molar-refractivity contribution in [2.24, 2.45) is 0 Å². The molecule has 5 heteroatoms. The minimum Gasteiger partial charge on any atom is -0.493 e. The van der Waals surface area contributed by atoms with Crippen molar-refractivity contribution in [2.75, 3.05) is 13.7 Å². The molecule has 0 amide bonds. The predicted molar refractivity (Wildman–Crippen MR) is 109 cm³/mol. The highest BCUT2D eigenvalue weighted by Gasteiger charge is 2.09. The summed E-state index contributed by atoms with van der Waals surface area (Å²) in [6.45, 7) is 2.74. The van der Waals surface area contributed by atoms with Crippen LogP contribution in [0.1, 0.15) is 30.9 Å². The third-order valence-electron chi connectivity index (χ3n) is 3.82. The van der Waals surface area contributed by atoms with Gasteiger partial charge in [-0.15, -0.1) is 0 Å². The molecule has 2 aromatic carbocycles. The van der Waals surface area contributed by atoms with E-state index in [1.165, 1.54) is 19.3 Å². The fraction of sp³-hybridized carbons (Fsp3) is 0.217. The van der Waals surface area contributed by atoms with E-state index in [9.17, 15) is 4.79 Å². The van der Waals surface area contributed by atoms with Crippen LogP contribution in [0.4, 0.5) is 0 Å². The van der Waals surface area contributed by atoms with Crippen molar-refractivity contribution in [1.29, 1.82) is 5.26 Å². The van der Waals surface area contributed by atoms with E-state index < -0.39 is 5.97 Å². The smallest absolute Gasteiger partial charge is 0.336 e. The molecule has 0 atom stereocenters. The third kappa shape index (κ3) is 6.33. The van der Waals surface area contributed by atoms with E-state index in [2.05, 4.69) is 6.92 Å². The van der Waals surface area contributed by atoms with Gasteiger partial charge in [-0.25, -0.2) is 4.79 Å². The van der Waals surface area contributed by atoms with Gasteiger partial charge in [-0.3, -0.25) is 0 Å². The van der Waals surface area contributed by atoms with Crippen molar-refractivity contribution in [3.8, 4) is 23.3 Å². The maximum atomic E-state index is 12.2. The Labute approximate surface area is 165 Å². The molecule has 0 saturated carbocycles. The summed E-state index contributed by atoms with van der Waals surface area (Å²) in [5, 5.41) is 8.61. The van der Waals surface area contributed by atoms with Crippen molar-refractivity contribution < 1.29 is 19.0 Å². The maximum absolute atomic E-state index is 12.2. The van der Waals surface area contributed by atoms with Gasteiger partial charge >= 0.3 is 5.97 Å². The van der Waals surface area contributed by atoms with Crippen LogP contribution in [0.3, 0.4) is 0 Å². The molecule has 0 unspecified atom stereocenters. The summed E-state index contributed by atoms with van der Waals surface area (Å²) >= 11 is 0. The standard InChI is InChI=1S/C23H23NO4/c1-3-4-16-27-20-10-6-5-9-19(20)12-14-23(25)28-21-13-11-18(8-7-15-24)17-22(21)26-2/h5-14,17H,3-4,16H2,1-2H3/b8-7-,14-12+. The topological polar surface area (TPSA) is 68.5 Å². The molecule has 0 heterocycles. The van der Waals surface area contributed by atoms with Gasteiger partial charge in [0.05, 0.1) is 19.8 Å². The lowest BCUT2D eigenvalue weighted by atomic mass is 10.2. The Kier molecular flexibility index (Phi) is 8.35. The Morgan fingerprint density at radius 1 is 1.11 bits per heavy atom. The lowest BCUT2D eigenvalue weighted by molar-refractivity contribution is -0.129. The zero-order valence-electron chi connectivity index (χ0n) is 16.1. The Morgan fingerprint density at radius 3 is 2.68 bits per heavy atom. The number of carbonyl (C=O) groups is 1. The second-order valence-corrected chi connectivity index (χ2v) is 5.87. The molecule has 5 nitrogen and oxygen atoms in total. The van der Waals surface area contributed by atoms with Crippen LogP contribution >= 0.6 is 0 Å². The summed E-state index contributed by atoms with van der Waals surface area (Å²) in [4.78, 5) is 12.2. The molecule has 28 heavy (non-hydrogen) atoms. The van der Waals surface area contributed by atoms with E-state index in [1.54, 1.807) is 30.4 Å². The number of allylic oxidation sites excluding steroid dienone is 1. The SMILES string of the molecule is CCCCOc1ccccc1/C=C/C(=O)Oc1ccc(/C=C\C#N)cc1OC. The Hall–Kier alpha value is -3.52. The van der Waals surface area contributed by atoms with Gasteiger partial charge in [0.2, 0.25) is 0 Å². The number of esters is 1. The van der Waals surface area contributed by atoms with Crippen molar-refractivity contribution >= 4 is 18.1 Å². The average molecular weight is 377 g/mol. The first kappa shape index (κ1) is 20.8. The van der Waals surface area contributed by atoms with Crippen molar-refractivity contribution in [3.63, 3.8) is 0 Å². The number of benzene rings is 2. The first-order valence-electron chi connectivity index (χ1n) is 9.04. The lowest BCUT2D eigenvalue weighted by Gasteiger charge is -2.09. The van der Waals surface area contributed by atoms with Crippen molar-refractivity contribution in [1.82, 2.24) is 0 Å². The number of para-hydroxylation sites is 1. The van der Waals surface area contributed by atoms with E-state index >= 15 is 0 Å². The van der Waals surface area contributed by atoms with Crippen LogP contribution in [-0.4, -0.2) is 19.7 Å². The molecule has 0 aromatic heterocycles. The van der Waals surface area contributed by atoms with E-state index in [0.29, 0.717) is 18.1 Å². The Morgan fingerprint density at radius 2 is 1.93 bits per heavy atom. The van der Waals surface area contributed by atoms with E-state index in [1.807, 2.05) is 30.3 Å². The van der Waals surface area contributed by atoms with Gasteiger partial charge in [0, 0.05) is 17.7 Å². The summed E-state index contributed by atoms with van der Waals surface area (Å²) in [5.74, 6) is 0.914. The molecular weight excluding hydrogens is 354 g/mol. The zero-order valence-corrected chi connectivity index (χ0v) is 16.1. The molecule has 0 aliphatic rings. The largest absolute Gasteiger partial charge is 0.493 e. The quantitative estimate of drug-likeness (QED) is 0.202. The summed E-state index contributed by atoms with van der Waals surface area (Å²) in [6.07, 6.45) is 8.05. The average Bonchev–Trinajstić information content (AvgIpc) is 2.72. The fourth-order valence-electron chi connectivity index (χ4n) is 2.38. The summed E-state index contributed by atoms with van der Waals surface area (Å²) in [6, 6.07) is 14.5. The first-order chi connectivity index (χ1) is 13.7. The molecule has 2 aromatic rings. The molecule has 0 saturated heterocycles. The predicted octanol–water partition coefficient (Wildman–Crippen LogP) is 5.03. The van der Waals surface area contributed by atoms with Gasteiger partial charge in [-0.2, -0.15) is 5.26 Å². The highest BCUT2D eigenvalue weighted by molar-refractivity contribution is 5.89. The fourth-order valence-corrected chi connectivity index (χ4v) is 2.38. The van der Waals surface area contributed by atoms with E-state index in [4.69, 9.17) is 19.5 Å². The van der Waals surface area contributed by atoms with Crippen LogP contribution in [0.2, 0.25) is 0 Å². The number of ether oxygens (including phenoxy) is 3. The van der Waals surface area contributed by atoms with Gasteiger partial charge in [0.15, 0.2) is 11.5 Å². The number of hydrogen-bond acceptors (Lipinski definition) is 5. The number of rotatable bonds is 9. The summed E-state index contributed by atoms with van der Waals surface area (Å²) in [7, 11) is 1.49. The van der Waals surface area contributed by atoms with Crippen LogP contribution in [0, 0.1) is 11.3 Å². The van der Waals surface area contributed by atoms with Gasteiger partial charge in [0.1, 0.15) is 5.75 Å². The summed E-state index contributed by atoms with van der Waals surface area (Å²) < 4.78 is 16.4. The first-order valence-corrected chi connectivity index (χ1v) is 9.04. The number of unbranched alkanes of at least 4 members (excludes halogenated alkanes) is 1. The van der Waals surface area contributed by atoms with Crippen molar-refractivity contribution in [2.45, 2.75) is 19.8 Å². The molecule has 0 aliphatic carbocycles. The molecule has 2 rings (SSSR count). The van der Waals surface area contributed by atoms with E-state index in [-0.39, 0.29) is 0 Å². The number of hydrogen-bond donors (Lipinski definition) is 0. The van der Waals surface area contributed by atoms with Gasteiger partial charge in [-0.05, 0) is 42.3 Å². The van der Waals surface area contributed by atoms with Gasteiger partial charge < -0.3 is 14.2 Å². The van der Waals surface area contributed by atoms with Gasteiger partial charge in [0.25, 0.3) is 0 Å².